The van der Waals surface area contributed by atoms with Crippen molar-refractivity contribution < 1.29 is 0 Å². The molecule has 3 heterocycles. The van der Waals surface area contributed by atoms with Crippen LogP contribution in [0.4, 0.5) is 0 Å². The summed E-state index contributed by atoms with van der Waals surface area (Å²) in [5, 5.41) is 2.50. The zero-order valence-corrected chi connectivity index (χ0v) is 27.0. The van der Waals surface area contributed by atoms with Gasteiger partial charge in [-0.1, -0.05) is 150 Å². The molecule has 5 heteroatoms. The summed E-state index contributed by atoms with van der Waals surface area (Å²) >= 11 is 0. The van der Waals surface area contributed by atoms with Gasteiger partial charge in [-0.15, -0.1) is 0 Å². The molecule has 0 bridgehead atoms. The highest BCUT2D eigenvalue weighted by atomic mass is 15.0. The molecule has 0 atom stereocenters. The second-order valence-corrected chi connectivity index (χ2v) is 12.7. The molecular weight excluding hydrogens is 607 g/mol. The van der Waals surface area contributed by atoms with Crippen molar-refractivity contribution in [1.29, 1.82) is 0 Å². The first-order valence-corrected chi connectivity index (χ1v) is 16.9. The van der Waals surface area contributed by atoms with Crippen LogP contribution in [0.3, 0.4) is 0 Å². The van der Waals surface area contributed by atoms with Crippen molar-refractivity contribution in [2.24, 2.45) is 0 Å². The van der Waals surface area contributed by atoms with Crippen LogP contribution in [0.15, 0.2) is 170 Å². The first-order valence-electron chi connectivity index (χ1n) is 16.9. The molecule has 10 rings (SSSR count). The number of nitrogens with zero attached hydrogens (tertiary/aromatic N) is 4. The number of hydrogen-bond acceptors (Lipinski definition) is 3. The Bertz CT molecular complexity index is 2660. The van der Waals surface area contributed by atoms with Crippen LogP contribution in [0.2, 0.25) is 0 Å². The van der Waals surface area contributed by atoms with Crippen LogP contribution in [0.1, 0.15) is 0 Å². The Morgan fingerprint density at radius 2 is 0.880 bits per heavy atom. The topological polar surface area (TPSA) is 43.6 Å². The Balaban J connectivity index is 1.05. The van der Waals surface area contributed by atoms with Gasteiger partial charge in [0, 0.05) is 33.2 Å². The smallest absolute Gasteiger partial charge is 0.193 e. The van der Waals surface area contributed by atoms with Crippen LogP contribution in [-0.2, 0) is 0 Å². The van der Waals surface area contributed by atoms with E-state index in [4.69, 9.17) is 15.0 Å². The minimum absolute atomic E-state index is 0.658. The molecular formula is C45H28BN4. The maximum absolute atomic E-state index is 4.97. The number of fused-ring (bicyclic) bond motifs is 6. The fraction of sp³-hybridized carbons (Fsp3) is 0. The summed E-state index contributed by atoms with van der Waals surface area (Å²) in [5.41, 5.74) is 13.7. The van der Waals surface area contributed by atoms with Crippen molar-refractivity contribution >= 4 is 40.0 Å². The minimum Gasteiger partial charge on any atom is -0.309 e. The first kappa shape index (κ1) is 28.4. The Hall–Kier alpha value is -6.59. The molecule has 4 nitrogen and oxygen atoms in total. The van der Waals surface area contributed by atoms with Gasteiger partial charge in [0.2, 0.25) is 0 Å². The molecule has 1 aliphatic rings. The summed E-state index contributed by atoms with van der Waals surface area (Å²) in [6.45, 7) is 0. The molecule has 0 saturated carbocycles. The quantitative estimate of drug-likeness (QED) is 0.177. The molecule has 1 aliphatic heterocycles. The third-order valence-electron chi connectivity index (χ3n) is 9.68. The normalized spacial score (nSPS) is 11.8. The van der Waals surface area contributed by atoms with Gasteiger partial charge < -0.3 is 4.57 Å². The lowest BCUT2D eigenvalue weighted by Gasteiger charge is -2.11. The zero-order chi connectivity index (χ0) is 33.0. The molecule has 0 amide bonds. The second-order valence-electron chi connectivity index (χ2n) is 12.7. The molecule has 0 aliphatic carbocycles. The van der Waals surface area contributed by atoms with Gasteiger partial charge in [0.15, 0.2) is 24.8 Å². The number of aromatic nitrogens is 4. The van der Waals surface area contributed by atoms with Gasteiger partial charge >= 0.3 is 0 Å². The van der Waals surface area contributed by atoms with E-state index in [-0.39, 0.29) is 0 Å². The van der Waals surface area contributed by atoms with Gasteiger partial charge in [0.1, 0.15) is 0 Å². The van der Waals surface area contributed by atoms with Crippen molar-refractivity contribution in [3.8, 4) is 62.1 Å². The van der Waals surface area contributed by atoms with Gasteiger partial charge in [-0.2, -0.15) is 0 Å². The van der Waals surface area contributed by atoms with E-state index < -0.39 is 0 Å². The van der Waals surface area contributed by atoms with Crippen molar-refractivity contribution in [2.45, 2.75) is 0 Å². The summed E-state index contributed by atoms with van der Waals surface area (Å²) in [4.78, 5) is 14.8. The summed E-state index contributed by atoms with van der Waals surface area (Å²) < 4.78 is 2.39. The van der Waals surface area contributed by atoms with Crippen molar-refractivity contribution in [3.63, 3.8) is 0 Å². The van der Waals surface area contributed by atoms with Crippen LogP contribution in [0.25, 0.3) is 83.9 Å². The van der Waals surface area contributed by atoms with E-state index in [2.05, 4.69) is 121 Å². The highest BCUT2D eigenvalue weighted by Gasteiger charge is 2.23. The van der Waals surface area contributed by atoms with Crippen molar-refractivity contribution in [2.75, 3.05) is 0 Å². The third-order valence-corrected chi connectivity index (χ3v) is 9.68. The minimum atomic E-state index is 0.658. The summed E-state index contributed by atoms with van der Waals surface area (Å²) in [6, 6.07) is 59.7. The molecule has 231 valence electrons. The van der Waals surface area contributed by atoms with E-state index in [0.717, 1.165) is 27.8 Å². The lowest BCUT2D eigenvalue weighted by molar-refractivity contribution is 1.07. The van der Waals surface area contributed by atoms with Gasteiger partial charge in [0.05, 0.1) is 11.0 Å². The molecule has 0 saturated heterocycles. The average Bonchev–Trinajstić information content (AvgIpc) is 3.73. The van der Waals surface area contributed by atoms with E-state index in [1.807, 2.05) is 60.7 Å². The van der Waals surface area contributed by atoms with Gasteiger partial charge in [-0.3, -0.25) is 0 Å². The lowest BCUT2D eigenvalue weighted by atomic mass is 9.67. The van der Waals surface area contributed by atoms with E-state index in [0.29, 0.717) is 17.5 Å². The summed E-state index contributed by atoms with van der Waals surface area (Å²) in [7, 11) is 2.29. The van der Waals surface area contributed by atoms with Crippen LogP contribution < -0.4 is 10.9 Å². The van der Waals surface area contributed by atoms with E-state index in [1.165, 1.54) is 49.5 Å². The van der Waals surface area contributed by atoms with E-state index in [1.54, 1.807) is 0 Å². The molecule has 0 unspecified atom stereocenters. The predicted molar refractivity (Wildman–Crippen MR) is 206 cm³/mol. The third kappa shape index (κ3) is 4.74. The number of benzene rings is 7. The van der Waals surface area contributed by atoms with E-state index >= 15 is 0 Å². The molecule has 2 aromatic heterocycles. The monoisotopic (exact) mass is 635 g/mol. The lowest BCUT2D eigenvalue weighted by Crippen LogP contribution is -2.21. The standard InChI is InChI=1S/C45H28BN4/c1-4-12-29(13-5-1)32-21-25-42-38(26-32)37-18-10-11-19-41(37)50(42)34-22-24-36-35-23-20-33(27-39(35)46-40(36)28-34)45-48-43(30-14-6-2-7-15-30)47-44(49-45)31-16-8-3-9-17-31/h1-28H. The fourth-order valence-corrected chi connectivity index (χ4v) is 7.29. The molecule has 9 aromatic rings. The van der Waals surface area contributed by atoms with Crippen LogP contribution in [0, 0.1) is 0 Å². The van der Waals surface area contributed by atoms with Crippen molar-refractivity contribution in [1.82, 2.24) is 19.5 Å². The van der Waals surface area contributed by atoms with Gasteiger partial charge in [0.25, 0.3) is 0 Å². The van der Waals surface area contributed by atoms with Crippen LogP contribution in [0.5, 0.6) is 0 Å². The number of hydrogen-bond donors (Lipinski definition) is 0. The van der Waals surface area contributed by atoms with Crippen LogP contribution in [-0.4, -0.2) is 26.8 Å². The highest BCUT2D eigenvalue weighted by Crippen LogP contribution is 2.36. The molecule has 0 spiro atoms. The SMILES string of the molecule is [B]1c2cc(-c3nc(-c4ccccc4)nc(-c4ccccc4)n3)ccc2-c2ccc(-n3c4ccccc4c4cc(-c5ccccc5)ccc43)cc21. The number of para-hydroxylation sites is 1. The molecule has 1 radical (unpaired) electrons. The molecule has 7 aromatic carbocycles. The van der Waals surface area contributed by atoms with Gasteiger partial charge in [-0.25, -0.2) is 15.0 Å². The zero-order valence-electron chi connectivity index (χ0n) is 27.0. The number of rotatable bonds is 5. The largest absolute Gasteiger partial charge is 0.309 e. The first-order chi connectivity index (χ1) is 24.8. The Morgan fingerprint density at radius 3 is 1.56 bits per heavy atom. The Labute approximate surface area is 290 Å². The Kier molecular flexibility index (Phi) is 6.56. The summed E-state index contributed by atoms with van der Waals surface area (Å²) in [6.07, 6.45) is 0. The Morgan fingerprint density at radius 1 is 0.360 bits per heavy atom. The molecule has 0 N–H and O–H groups in total. The highest BCUT2D eigenvalue weighted by molar-refractivity contribution is 6.73. The van der Waals surface area contributed by atoms with Crippen LogP contribution >= 0.6 is 0 Å². The predicted octanol–water partition coefficient (Wildman–Crippen LogP) is 9.27. The molecule has 0 fully saturated rings. The maximum atomic E-state index is 4.97. The maximum Gasteiger partial charge on any atom is 0.193 e. The second kappa shape index (κ2) is 11.5. The van der Waals surface area contributed by atoms with E-state index in [9.17, 15) is 0 Å². The fourth-order valence-electron chi connectivity index (χ4n) is 7.29. The van der Waals surface area contributed by atoms with Gasteiger partial charge in [-0.05, 0) is 52.6 Å². The summed E-state index contributed by atoms with van der Waals surface area (Å²) in [5.74, 6) is 1.98. The average molecular weight is 636 g/mol. The van der Waals surface area contributed by atoms with Crippen molar-refractivity contribution in [3.05, 3.63) is 170 Å². The molecule has 50 heavy (non-hydrogen) atoms.